The van der Waals surface area contributed by atoms with Crippen molar-refractivity contribution in [2.24, 2.45) is 0 Å². The number of halogens is 1. The van der Waals surface area contributed by atoms with E-state index in [0.717, 1.165) is 24.5 Å². The molecule has 3 heteroatoms. The largest absolute Gasteiger partial charge is 0.395 e. The van der Waals surface area contributed by atoms with E-state index in [1.807, 2.05) is 18.2 Å². The zero-order chi connectivity index (χ0) is 11.4. The van der Waals surface area contributed by atoms with Crippen LogP contribution in [-0.4, -0.2) is 29.2 Å². The number of rotatable bonds is 3. The van der Waals surface area contributed by atoms with Gasteiger partial charge in [-0.3, -0.25) is 4.90 Å². The summed E-state index contributed by atoms with van der Waals surface area (Å²) in [5.74, 6) is 0. The lowest BCUT2D eigenvalue weighted by atomic mass is 10.0. The molecule has 1 saturated heterocycles. The van der Waals surface area contributed by atoms with Crippen molar-refractivity contribution in [1.82, 2.24) is 4.90 Å². The molecule has 0 saturated carbocycles. The first kappa shape index (κ1) is 11.9. The van der Waals surface area contributed by atoms with E-state index >= 15 is 0 Å². The molecule has 1 aliphatic heterocycles. The van der Waals surface area contributed by atoms with Gasteiger partial charge in [0.2, 0.25) is 0 Å². The molecule has 1 aliphatic rings. The molecule has 1 N–H and O–H groups in total. The molecule has 0 amide bonds. The molecule has 1 atom stereocenters. The lowest BCUT2D eigenvalue weighted by Gasteiger charge is -2.34. The van der Waals surface area contributed by atoms with Crippen LogP contribution in [0.5, 0.6) is 0 Å². The highest BCUT2D eigenvalue weighted by molar-refractivity contribution is 6.30. The average molecular weight is 240 g/mol. The molecule has 0 aromatic heterocycles. The van der Waals surface area contributed by atoms with Crippen molar-refractivity contribution in [2.75, 3.05) is 13.2 Å². The Kier molecular flexibility index (Phi) is 4.22. The summed E-state index contributed by atoms with van der Waals surface area (Å²) in [4.78, 5) is 2.36. The second-order valence-corrected chi connectivity index (χ2v) is 4.87. The van der Waals surface area contributed by atoms with Gasteiger partial charge in [0, 0.05) is 17.6 Å². The molecule has 0 aliphatic carbocycles. The molecule has 0 bridgehead atoms. The molecule has 1 aromatic carbocycles. The summed E-state index contributed by atoms with van der Waals surface area (Å²) in [7, 11) is 0. The molecule has 0 spiro atoms. The summed E-state index contributed by atoms with van der Waals surface area (Å²) in [6, 6.07) is 8.30. The van der Waals surface area contributed by atoms with Crippen LogP contribution in [0.25, 0.3) is 0 Å². The molecule has 2 nitrogen and oxygen atoms in total. The molecule has 1 unspecified atom stereocenters. The fourth-order valence-electron chi connectivity index (χ4n) is 2.34. The molecule has 1 heterocycles. The van der Waals surface area contributed by atoms with Gasteiger partial charge in [0.25, 0.3) is 0 Å². The van der Waals surface area contributed by atoms with E-state index in [0.29, 0.717) is 6.04 Å². The third kappa shape index (κ3) is 2.97. The maximum atomic E-state index is 9.33. The predicted molar refractivity (Wildman–Crippen MR) is 66.6 cm³/mol. The Bertz CT molecular complexity index is 342. The van der Waals surface area contributed by atoms with Crippen LogP contribution in [0.4, 0.5) is 0 Å². The van der Waals surface area contributed by atoms with Crippen molar-refractivity contribution < 1.29 is 5.11 Å². The van der Waals surface area contributed by atoms with Gasteiger partial charge >= 0.3 is 0 Å². The third-order valence-corrected chi connectivity index (χ3v) is 3.47. The Labute approximate surface area is 102 Å². The summed E-state index contributed by atoms with van der Waals surface area (Å²) in [5.41, 5.74) is 1.23. The van der Waals surface area contributed by atoms with Gasteiger partial charge in [-0.2, -0.15) is 0 Å². The fourth-order valence-corrected chi connectivity index (χ4v) is 2.56. The van der Waals surface area contributed by atoms with Crippen LogP contribution < -0.4 is 0 Å². The van der Waals surface area contributed by atoms with Crippen LogP contribution in [0.15, 0.2) is 24.3 Å². The zero-order valence-electron chi connectivity index (χ0n) is 9.40. The number of benzene rings is 1. The van der Waals surface area contributed by atoms with Crippen molar-refractivity contribution in [3.63, 3.8) is 0 Å². The highest BCUT2D eigenvalue weighted by Gasteiger charge is 2.21. The first-order valence-electron chi connectivity index (χ1n) is 5.89. The van der Waals surface area contributed by atoms with E-state index in [9.17, 15) is 5.11 Å². The SMILES string of the molecule is OCC1CCCCN1Cc1cccc(Cl)c1. The van der Waals surface area contributed by atoms with E-state index in [1.54, 1.807) is 0 Å². The Balaban J connectivity index is 2.02. The maximum Gasteiger partial charge on any atom is 0.0586 e. The average Bonchev–Trinajstić information content (AvgIpc) is 2.30. The second-order valence-electron chi connectivity index (χ2n) is 4.43. The number of hydrogen-bond acceptors (Lipinski definition) is 2. The highest BCUT2D eigenvalue weighted by Crippen LogP contribution is 2.20. The van der Waals surface area contributed by atoms with Crippen LogP contribution in [0.2, 0.25) is 5.02 Å². The molecule has 0 radical (unpaired) electrons. The predicted octanol–water partition coefficient (Wildman–Crippen LogP) is 2.69. The molecule has 2 rings (SSSR count). The van der Waals surface area contributed by atoms with Crippen molar-refractivity contribution in [1.29, 1.82) is 0 Å². The van der Waals surface area contributed by atoms with Crippen molar-refractivity contribution in [2.45, 2.75) is 31.8 Å². The summed E-state index contributed by atoms with van der Waals surface area (Å²) in [6.07, 6.45) is 3.57. The topological polar surface area (TPSA) is 23.5 Å². The minimum atomic E-state index is 0.264. The molecular formula is C13H18ClNO. The van der Waals surface area contributed by atoms with Crippen LogP contribution in [0, 0.1) is 0 Å². The van der Waals surface area contributed by atoms with Crippen molar-refractivity contribution in [3.8, 4) is 0 Å². The summed E-state index contributed by atoms with van der Waals surface area (Å²) < 4.78 is 0. The monoisotopic (exact) mass is 239 g/mol. The fraction of sp³-hybridized carbons (Fsp3) is 0.538. The first-order chi connectivity index (χ1) is 7.79. The molecular weight excluding hydrogens is 222 g/mol. The molecule has 88 valence electrons. The number of hydrogen-bond donors (Lipinski definition) is 1. The normalized spacial score (nSPS) is 22.2. The zero-order valence-corrected chi connectivity index (χ0v) is 10.2. The van der Waals surface area contributed by atoms with Crippen LogP contribution >= 0.6 is 11.6 Å². The smallest absolute Gasteiger partial charge is 0.0586 e. The standard InChI is InChI=1S/C13H18ClNO/c14-12-5-3-4-11(8-12)9-15-7-2-1-6-13(15)10-16/h3-5,8,13,16H,1-2,6-7,9-10H2. The number of nitrogens with zero attached hydrogens (tertiary/aromatic N) is 1. The van der Waals surface area contributed by atoms with Gasteiger partial charge in [0.15, 0.2) is 0 Å². The number of likely N-dealkylation sites (tertiary alicyclic amines) is 1. The van der Waals surface area contributed by atoms with E-state index < -0.39 is 0 Å². The Morgan fingerprint density at radius 2 is 2.25 bits per heavy atom. The second kappa shape index (κ2) is 5.67. The lowest BCUT2D eigenvalue weighted by molar-refractivity contribution is 0.0841. The lowest BCUT2D eigenvalue weighted by Crippen LogP contribution is -2.41. The van der Waals surface area contributed by atoms with E-state index in [2.05, 4.69) is 11.0 Å². The van der Waals surface area contributed by atoms with E-state index in [1.165, 1.54) is 18.4 Å². The van der Waals surface area contributed by atoms with E-state index in [-0.39, 0.29) is 6.61 Å². The number of aliphatic hydroxyl groups excluding tert-OH is 1. The molecule has 1 fully saturated rings. The van der Waals surface area contributed by atoms with Crippen LogP contribution in [-0.2, 0) is 6.54 Å². The van der Waals surface area contributed by atoms with Crippen LogP contribution in [0.1, 0.15) is 24.8 Å². The van der Waals surface area contributed by atoms with Gasteiger partial charge in [0.1, 0.15) is 0 Å². The quantitative estimate of drug-likeness (QED) is 0.877. The minimum Gasteiger partial charge on any atom is -0.395 e. The summed E-state index contributed by atoms with van der Waals surface area (Å²) in [5, 5.41) is 10.1. The van der Waals surface area contributed by atoms with E-state index in [4.69, 9.17) is 11.6 Å². The Morgan fingerprint density at radius 3 is 3.00 bits per heavy atom. The molecule has 1 aromatic rings. The third-order valence-electron chi connectivity index (χ3n) is 3.23. The van der Waals surface area contributed by atoms with Gasteiger partial charge in [-0.15, -0.1) is 0 Å². The van der Waals surface area contributed by atoms with Gasteiger partial charge < -0.3 is 5.11 Å². The maximum absolute atomic E-state index is 9.33. The first-order valence-corrected chi connectivity index (χ1v) is 6.27. The summed E-state index contributed by atoms with van der Waals surface area (Å²) >= 11 is 5.96. The Hall–Kier alpha value is -0.570. The van der Waals surface area contributed by atoms with Crippen molar-refractivity contribution >= 4 is 11.6 Å². The van der Waals surface area contributed by atoms with Gasteiger partial charge in [-0.25, -0.2) is 0 Å². The van der Waals surface area contributed by atoms with Crippen LogP contribution in [0.3, 0.4) is 0 Å². The highest BCUT2D eigenvalue weighted by atomic mass is 35.5. The summed E-state index contributed by atoms with van der Waals surface area (Å²) in [6.45, 7) is 2.24. The van der Waals surface area contributed by atoms with Gasteiger partial charge in [-0.1, -0.05) is 30.2 Å². The van der Waals surface area contributed by atoms with Gasteiger partial charge in [0.05, 0.1) is 6.61 Å². The van der Waals surface area contributed by atoms with Gasteiger partial charge in [-0.05, 0) is 37.1 Å². The number of aliphatic hydroxyl groups is 1. The van der Waals surface area contributed by atoms with Crippen molar-refractivity contribution in [3.05, 3.63) is 34.9 Å². The minimum absolute atomic E-state index is 0.264. The molecule has 16 heavy (non-hydrogen) atoms. The number of piperidine rings is 1. The Morgan fingerprint density at radius 1 is 1.38 bits per heavy atom.